The summed E-state index contributed by atoms with van der Waals surface area (Å²) < 4.78 is 0. The zero-order valence-corrected chi connectivity index (χ0v) is 15.5. The van der Waals surface area contributed by atoms with Crippen LogP contribution in [0.25, 0.3) is 0 Å². The van der Waals surface area contributed by atoms with Gasteiger partial charge in [-0.1, -0.05) is 12.2 Å². The first kappa shape index (κ1) is 18.2. The van der Waals surface area contributed by atoms with Gasteiger partial charge in [0.2, 0.25) is 5.91 Å². The van der Waals surface area contributed by atoms with Crippen molar-refractivity contribution in [3.8, 4) is 0 Å². The minimum Gasteiger partial charge on any atom is -0.341 e. The van der Waals surface area contributed by atoms with E-state index in [-0.39, 0.29) is 18.0 Å². The molecular formula is C19H32N4O2. The number of carbonyl (C=O) groups is 2. The molecule has 2 saturated heterocycles. The van der Waals surface area contributed by atoms with Gasteiger partial charge in [-0.2, -0.15) is 0 Å². The fourth-order valence-corrected chi connectivity index (χ4v) is 4.06. The van der Waals surface area contributed by atoms with E-state index in [1.807, 2.05) is 16.7 Å². The van der Waals surface area contributed by atoms with Crippen molar-refractivity contribution in [2.24, 2.45) is 5.92 Å². The maximum absolute atomic E-state index is 12.5. The molecule has 0 unspecified atom stereocenters. The lowest BCUT2D eigenvalue weighted by molar-refractivity contribution is -0.135. The SMILES string of the molecule is C[C@H](C(=O)N1CCCC1)N1CCN(C(=O)NC[C@H]2CC=CCC2)CC1. The number of rotatable bonds is 4. The number of allylic oxidation sites excluding steroid dienone is 2. The summed E-state index contributed by atoms with van der Waals surface area (Å²) in [6.45, 7) is 7.55. The highest BCUT2D eigenvalue weighted by Gasteiger charge is 2.31. The smallest absolute Gasteiger partial charge is 0.317 e. The van der Waals surface area contributed by atoms with Gasteiger partial charge in [-0.3, -0.25) is 9.69 Å². The number of amides is 3. The number of urea groups is 1. The third kappa shape index (κ3) is 4.75. The quantitative estimate of drug-likeness (QED) is 0.787. The highest BCUT2D eigenvalue weighted by Crippen LogP contribution is 2.17. The second-order valence-corrected chi connectivity index (χ2v) is 7.57. The van der Waals surface area contributed by atoms with Crippen molar-refractivity contribution in [2.45, 2.75) is 45.1 Å². The van der Waals surface area contributed by atoms with Gasteiger partial charge in [0.1, 0.15) is 0 Å². The lowest BCUT2D eigenvalue weighted by Gasteiger charge is -2.38. The van der Waals surface area contributed by atoms with Gasteiger partial charge >= 0.3 is 6.03 Å². The van der Waals surface area contributed by atoms with Gasteiger partial charge in [0.15, 0.2) is 0 Å². The van der Waals surface area contributed by atoms with E-state index in [2.05, 4.69) is 22.4 Å². The van der Waals surface area contributed by atoms with E-state index in [9.17, 15) is 9.59 Å². The number of nitrogens with one attached hydrogen (secondary N) is 1. The molecule has 0 saturated carbocycles. The summed E-state index contributed by atoms with van der Waals surface area (Å²) in [6.07, 6.45) is 10.1. The number of carbonyl (C=O) groups excluding carboxylic acids is 2. The fraction of sp³-hybridized carbons (Fsp3) is 0.789. The van der Waals surface area contributed by atoms with Crippen LogP contribution in [0.15, 0.2) is 12.2 Å². The Kier molecular flexibility index (Phi) is 6.34. The van der Waals surface area contributed by atoms with E-state index in [1.165, 1.54) is 6.42 Å². The average molecular weight is 348 g/mol. The predicted octanol–water partition coefficient (Wildman–Crippen LogP) is 1.68. The molecule has 0 aromatic carbocycles. The predicted molar refractivity (Wildman–Crippen MR) is 98.3 cm³/mol. The largest absolute Gasteiger partial charge is 0.341 e. The summed E-state index contributed by atoms with van der Waals surface area (Å²) in [5, 5.41) is 3.09. The monoisotopic (exact) mass is 348 g/mol. The first-order chi connectivity index (χ1) is 12.1. The molecule has 1 N–H and O–H groups in total. The Balaban J connectivity index is 1.39. The van der Waals surface area contributed by atoms with E-state index >= 15 is 0 Å². The van der Waals surface area contributed by atoms with Gasteiger partial charge in [-0.05, 0) is 44.9 Å². The van der Waals surface area contributed by atoms with Crippen molar-refractivity contribution in [3.63, 3.8) is 0 Å². The molecule has 3 rings (SSSR count). The van der Waals surface area contributed by atoms with Crippen LogP contribution in [-0.2, 0) is 4.79 Å². The summed E-state index contributed by atoms with van der Waals surface area (Å²) in [6, 6.07) is -0.0231. The maximum Gasteiger partial charge on any atom is 0.317 e. The molecule has 6 nitrogen and oxygen atoms in total. The molecule has 6 heteroatoms. The van der Waals surface area contributed by atoms with Crippen molar-refractivity contribution in [3.05, 3.63) is 12.2 Å². The average Bonchev–Trinajstić information content (AvgIpc) is 3.20. The van der Waals surface area contributed by atoms with Crippen LogP contribution < -0.4 is 5.32 Å². The molecule has 2 heterocycles. The van der Waals surface area contributed by atoms with E-state index in [4.69, 9.17) is 0 Å². The molecule has 0 aromatic heterocycles. The molecule has 140 valence electrons. The zero-order valence-electron chi connectivity index (χ0n) is 15.5. The third-order valence-electron chi connectivity index (χ3n) is 5.84. The van der Waals surface area contributed by atoms with Crippen LogP contribution in [0, 0.1) is 5.92 Å². The summed E-state index contributed by atoms with van der Waals surface area (Å²) in [5.41, 5.74) is 0. The second-order valence-electron chi connectivity index (χ2n) is 7.57. The highest BCUT2D eigenvalue weighted by atomic mass is 16.2. The lowest BCUT2D eigenvalue weighted by atomic mass is 9.94. The van der Waals surface area contributed by atoms with Crippen molar-refractivity contribution in [2.75, 3.05) is 45.8 Å². The first-order valence-electron chi connectivity index (χ1n) is 9.86. The van der Waals surface area contributed by atoms with Crippen LogP contribution in [0.1, 0.15) is 39.0 Å². The van der Waals surface area contributed by atoms with Crippen LogP contribution in [0.4, 0.5) is 4.79 Å². The molecule has 2 aliphatic heterocycles. The Morgan fingerprint density at radius 3 is 2.40 bits per heavy atom. The lowest BCUT2D eigenvalue weighted by Crippen LogP contribution is -2.56. The van der Waals surface area contributed by atoms with Crippen molar-refractivity contribution in [1.29, 1.82) is 0 Å². The Morgan fingerprint density at radius 1 is 1.04 bits per heavy atom. The summed E-state index contributed by atoms with van der Waals surface area (Å²) in [5.74, 6) is 0.828. The highest BCUT2D eigenvalue weighted by molar-refractivity contribution is 5.81. The topological polar surface area (TPSA) is 55.9 Å². The van der Waals surface area contributed by atoms with Crippen LogP contribution in [0.3, 0.4) is 0 Å². The summed E-state index contributed by atoms with van der Waals surface area (Å²) in [7, 11) is 0. The Labute approximate surface area is 151 Å². The van der Waals surface area contributed by atoms with Crippen LogP contribution in [-0.4, -0.2) is 78.5 Å². The molecule has 2 fully saturated rings. The standard InChI is InChI=1S/C19H32N4O2/c1-16(18(24)22-9-5-6-10-22)21-11-13-23(14-12-21)19(25)20-15-17-7-3-2-4-8-17/h2-3,16-17H,4-15H2,1H3,(H,20,25)/t16-,17+/m1/s1. The van der Waals surface area contributed by atoms with Gasteiger partial charge in [-0.25, -0.2) is 4.79 Å². The normalized spacial score (nSPS) is 25.9. The van der Waals surface area contributed by atoms with Crippen LogP contribution >= 0.6 is 0 Å². The molecule has 0 spiro atoms. The van der Waals surface area contributed by atoms with Crippen LogP contribution in [0.5, 0.6) is 0 Å². The molecule has 0 bridgehead atoms. The second kappa shape index (κ2) is 8.70. The van der Waals surface area contributed by atoms with Gasteiger partial charge in [0.05, 0.1) is 6.04 Å². The van der Waals surface area contributed by atoms with E-state index in [1.54, 1.807) is 0 Å². The molecule has 2 atom stereocenters. The van der Waals surface area contributed by atoms with E-state index in [0.717, 1.165) is 58.4 Å². The Bertz CT molecular complexity index is 494. The van der Waals surface area contributed by atoms with Crippen molar-refractivity contribution in [1.82, 2.24) is 20.0 Å². The number of likely N-dealkylation sites (tertiary alicyclic amines) is 1. The molecular weight excluding hydrogens is 316 g/mol. The minimum atomic E-state index is -0.0719. The first-order valence-corrected chi connectivity index (χ1v) is 9.86. The Morgan fingerprint density at radius 2 is 1.76 bits per heavy atom. The molecule has 25 heavy (non-hydrogen) atoms. The molecule has 0 radical (unpaired) electrons. The van der Waals surface area contributed by atoms with Crippen molar-refractivity contribution >= 4 is 11.9 Å². The minimum absolute atomic E-state index is 0.0488. The van der Waals surface area contributed by atoms with Gasteiger partial charge in [0, 0.05) is 45.8 Å². The number of hydrogen-bond acceptors (Lipinski definition) is 3. The molecule has 3 amide bonds. The van der Waals surface area contributed by atoms with Crippen molar-refractivity contribution < 1.29 is 9.59 Å². The maximum atomic E-state index is 12.5. The van der Waals surface area contributed by atoms with Gasteiger partial charge in [-0.15, -0.1) is 0 Å². The van der Waals surface area contributed by atoms with Gasteiger partial charge < -0.3 is 15.1 Å². The third-order valence-corrected chi connectivity index (χ3v) is 5.84. The molecule has 1 aliphatic carbocycles. The fourth-order valence-electron chi connectivity index (χ4n) is 4.06. The molecule has 0 aromatic rings. The number of nitrogens with zero attached hydrogens (tertiary/aromatic N) is 3. The summed E-state index contributed by atoms with van der Waals surface area (Å²) >= 11 is 0. The number of hydrogen-bond donors (Lipinski definition) is 1. The van der Waals surface area contributed by atoms with E-state index < -0.39 is 0 Å². The molecule has 3 aliphatic rings. The van der Waals surface area contributed by atoms with E-state index in [0.29, 0.717) is 19.0 Å². The Hall–Kier alpha value is -1.56. The summed E-state index contributed by atoms with van der Waals surface area (Å²) in [4.78, 5) is 31.0. The van der Waals surface area contributed by atoms with Crippen LogP contribution in [0.2, 0.25) is 0 Å². The zero-order chi connectivity index (χ0) is 17.6. The van der Waals surface area contributed by atoms with Gasteiger partial charge in [0.25, 0.3) is 0 Å². The number of piperazine rings is 1.